The lowest BCUT2D eigenvalue weighted by atomic mass is 10.2. The fourth-order valence-corrected chi connectivity index (χ4v) is 2.46. The van der Waals surface area contributed by atoms with Crippen LogP contribution < -0.4 is 10.2 Å². The Labute approximate surface area is 141 Å². The normalized spacial score (nSPS) is 14.3. The first-order valence-corrected chi connectivity index (χ1v) is 7.87. The number of ether oxygens (including phenoxy) is 1. The number of benzene rings is 1. The number of carbonyl (C=O) groups excluding carboxylic acids is 1. The lowest BCUT2D eigenvalue weighted by Gasteiger charge is -2.26. The standard InChI is InChI=1S/C17H21N5O2/c1-21(2)14-5-3-13(4-6-14)20-16-11-15(18-12-19-16)17(23)22-7-9-24-10-8-22/h3-6,11-12H,7-10H2,1-2H3,(H,18,19,20). The summed E-state index contributed by atoms with van der Waals surface area (Å²) >= 11 is 0. The van der Waals surface area contributed by atoms with Crippen LogP contribution in [0.25, 0.3) is 0 Å². The Kier molecular flexibility index (Phi) is 4.90. The zero-order valence-corrected chi connectivity index (χ0v) is 13.9. The molecule has 7 nitrogen and oxygen atoms in total. The molecule has 3 rings (SSSR count). The molecule has 0 spiro atoms. The SMILES string of the molecule is CN(C)c1ccc(Nc2cc(C(=O)N3CCOCC3)ncn2)cc1. The van der Waals surface area contributed by atoms with Gasteiger partial charge in [0, 0.05) is 44.6 Å². The van der Waals surface area contributed by atoms with Gasteiger partial charge in [-0.1, -0.05) is 0 Å². The molecule has 0 radical (unpaired) electrons. The molecule has 1 fully saturated rings. The second kappa shape index (κ2) is 7.27. The van der Waals surface area contributed by atoms with E-state index in [0.29, 0.717) is 37.8 Å². The van der Waals surface area contributed by atoms with Crippen LogP contribution in [0.3, 0.4) is 0 Å². The molecule has 1 aliphatic rings. The number of rotatable bonds is 4. The predicted molar refractivity (Wildman–Crippen MR) is 92.8 cm³/mol. The van der Waals surface area contributed by atoms with E-state index in [1.54, 1.807) is 11.0 Å². The molecule has 1 N–H and O–H groups in total. The number of nitrogens with one attached hydrogen (secondary N) is 1. The molecule has 1 saturated heterocycles. The van der Waals surface area contributed by atoms with Gasteiger partial charge in [0.05, 0.1) is 13.2 Å². The van der Waals surface area contributed by atoms with E-state index in [2.05, 4.69) is 15.3 Å². The van der Waals surface area contributed by atoms with Crippen LogP contribution >= 0.6 is 0 Å². The summed E-state index contributed by atoms with van der Waals surface area (Å²) in [5, 5.41) is 3.20. The Morgan fingerprint density at radius 1 is 1.17 bits per heavy atom. The molecular weight excluding hydrogens is 306 g/mol. The molecule has 1 aromatic heterocycles. The number of carbonyl (C=O) groups is 1. The van der Waals surface area contributed by atoms with E-state index in [4.69, 9.17) is 4.74 Å². The maximum absolute atomic E-state index is 12.5. The van der Waals surface area contributed by atoms with Crippen molar-refractivity contribution in [1.82, 2.24) is 14.9 Å². The minimum Gasteiger partial charge on any atom is -0.378 e. The van der Waals surface area contributed by atoms with E-state index in [-0.39, 0.29) is 5.91 Å². The molecule has 126 valence electrons. The van der Waals surface area contributed by atoms with Crippen molar-refractivity contribution in [3.63, 3.8) is 0 Å². The number of hydrogen-bond acceptors (Lipinski definition) is 6. The summed E-state index contributed by atoms with van der Waals surface area (Å²) in [7, 11) is 3.99. The largest absolute Gasteiger partial charge is 0.378 e. The van der Waals surface area contributed by atoms with Gasteiger partial charge in [0.2, 0.25) is 0 Å². The second-order valence-electron chi connectivity index (χ2n) is 5.76. The van der Waals surface area contributed by atoms with E-state index in [9.17, 15) is 4.79 Å². The van der Waals surface area contributed by atoms with Crippen LogP contribution in [-0.2, 0) is 4.74 Å². The van der Waals surface area contributed by atoms with Crippen LogP contribution in [0.4, 0.5) is 17.2 Å². The van der Waals surface area contributed by atoms with Crippen LogP contribution in [0, 0.1) is 0 Å². The van der Waals surface area contributed by atoms with Gasteiger partial charge in [-0.25, -0.2) is 9.97 Å². The summed E-state index contributed by atoms with van der Waals surface area (Å²) in [6, 6.07) is 9.66. The highest BCUT2D eigenvalue weighted by Crippen LogP contribution is 2.19. The Hall–Kier alpha value is -2.67. The fourth-order valence-electron chi connectivity index (χ4n) is 2.46. The summed E-state index contributed by atoms with van der Waals surface area (Å²) in [5.74, 6) is 0.505. The lowest BCUT2D eigenvalue weighted by molar-refractivity contribution is 0.0299. The first-order valence-electron chi connectivity index (χ1n) is 7.87. The average Bonchev–Trinajstić information content (AvgIpc) is 2.62. The molecule has 0 unspecified atom stereocenters. The van der Waals surface area contributed by atoms with E-state index in [0.717, 1.165) is 11.4 Å². The highest BCUT2D eigenvalue weighted by atomic mass is 16.5. The van der Waals surface area contributed by atoms with Crippen LogP contribution in [0.5, 0.6) is 0 Å². The molecule has 1 aromatic carbocycles. The smallest absolute Gasteiger partial charge is 0.272 e. The van der Waals surface area contributed by atoms with Gasteiger partial charge in [-0.3, -0.25) is 4.79 Å². The third-order valence-corrected chi connectivity index (χ3v) is 3.84. The van der Waals surface area contributed by atoms with Gasteiger partial charge in [-0.2, -0.15) is 0 Å². The van der Waals surface area contributed by atoms with Crippen molar-refractivity contribution in [1.29, 1.82) is 0 Å². The second-order valence-corrected chi connectivity index (χ2v) is 5.76. The highest BCUT2D eigenvalue weighted by Gasteiger charge is 2.20. The molecule has 2 aromatic rings. The number of anilines is 3. The van der Waals surface area contributed by atoms with Crippen molar-refractivity contribution in [2.75, 3.05) is 50.6 Å². The third kappa shape index (κ3) is 3.80. The first-order chi connectivity index (χ1) is 11.6. The number of morpholine rings is 1. The molecule has 0 aliphatic carbocycles. The monoisotopic (exact) mass is 327 g/mol. The van der Waals surface area contributed by atoms with Gasteiger partial charge in [0.1, 0.15) is 17.8 Å². The summed E-state index contributed by atoms with van der Waals surface area (Å²) < 4.78 is 5.27. The molecule has 0 saturated carbocycles. The van der Waals surface area contributed by atoms with Crippen LogP contribution in [0.15, 0.2) is 36.7 Å². The molecule has 1 amide bonds. The Morgan fingerprint density at radius 3 is 2.54 bits per heavy atom. The van der Waals surface area contributed by atoms with Crippen molar-refractivity contribution in [2.24, 2.45) is 0 Å². The van der Waals surface area contributed by atoms with Gasteiger partial charge in [-0.15, -0.1) is 0 Å². The van der Waals surface area contributed by atoms with Crippen LogP contribution in [0.1, 0.15) is 10.5 Å². The van der Waals surface area contributed by atoms with Gasteiger partial charge in [0.25, 0.3) is 5.91 Å². The molecule has 0 bridgehead atoms. The summed E-state index contributed by atoms with van der Waals surface area (Å²) in [6.45, 7) is 2.33. The topological polar surface area (TPSA) is 70.6 Å². The Balaban J connectivity index is 1.71. The van der Waals surface area contributed by atoms with Crippen molar-refractivity contribution in [2.45, 2.75) is 0 Å². The van der Waals surface area contributed by atoms with Gasteiger partial charge >= 0.3 is 0 Å². The van der Waals surface area contributed by atoms with E-state index < -0.39 is 0 Å². The van der Waals surface area contributed by atoms with Crippen LogP contribution in [-0.4, -0.2) is 61.2 Å². The summed E-state index contributed by atoms with van der Waals surface area (Å²) in [6.07, 6.45) is 1.41. The maximum Gasteiger partial charge on any atom is 0.272 e. The average molecular weight is 327 g/mol. The zero-order valence-electron chi connectivity index (χ0n) is 13.9. The van der Waals surface area contributed by atoms with Gasteiger partial charge in [0.15, 0.2) is 0 Å². The van der Waals surface area contributed by atoms with Crippen molar-refractivity contribution in [3.05, 3.63) is 42.4 Å². The van der Waals surface area contributed by atoms with Gasteiger partial charge < -0.3 is 19.9 Å². The zero-order chi connectivity index (χ0) is 16.9. The van der Waals surface area contributed by atoms with Crippen molar-refractivity contribution in [3.8, 4) is 0 Å². The third-order valence-electron chi connectivity index (χ3n) is 3.84. The highest BCUT2D eigenvalue weighted by molar-refractivity contribution is 5.93. The van der Waals surface area contributed by atoms with Crippen molar-refractivity contribution < 1.29 is 9.53 Å². The molecule has 0 atom stereocenters. The van der Waals surface area contributed by atoms with E-state index in [1.807, 2.05) is 43.3 Å². The minimum absolute atomic E-state index is 0.0910. The van der Waals surface area contributed by atoms with E-state index in [1.165, 1.54) is 6.33 Å². The molecule has 2 heterocycles. The first kappa shape index (κ1) is 16.2. The number of nitrogens with zero attached hydrogens (tertiary/aromatic N) is 4. The van der Waals surface area contributed by atoms with Crippen molar-refractivity contribution >= 4 is 23.1 Å². The quantitative estimate of drug-likeness (QED) is 0.923. The Morgan fingerprint density at radius 2 is 1.88 bits per heavy atom. The molecule has 24 heavy (non-hydrogen) atoms. The van der Waals surface area contributed by atoms with Crippen LogP contribution in [0.2, 0.25) is 0 Å². The number of aromatic nitrogens is 2. The maximum atomic E-state index is 12.5. The lowest BCUT2D eigenvalue weighted by Crippen LogP contribution is -2.41. The summed E-state index contributed by atoms with van der Waals surface area (Å²) in [4.78, 5) is 24.6. The minimum atomic E-state index is -0.0910. The molecule has 1 aliphatic heterocycles. The number of amides is 1. The molecular formula is C17H21N5O2. The van der Waals surface area contributed by atoms with E-state index >= 15 is 0 Å². The predicted octanol–water partition coefficient (Wildman–Crippen LogP) is 1.76. The van der Waals surface area contributed by atoms with Gasteiger partial charge in [-0.05, 0) is 24.3 Å². The summed E-state index contributed by atoms with van der Waals surface area (Å²) in [5.41, 5.74) is 2.41. The number of hydrogen-bond donors (Lipinski definition) is 1. The fraction of sp³-hybridized carbons (Fsp3) is 0.353. The molecule has 7 heteroatoms. The Bertz CT molecular complexity index is 696.